The predicted molar refractivity (Wildman–Crippen MR) is 62.4 cm³/mol. The molecule has 0 aliphatic rings. The zero-order valence-electron chi connectivity index (χ0n) is 9.53. The molecule has 17 heavy (non-hydrogen) atoms. The Morgan fingerprint density at radius 3 is 2.71 bits per heavy atom. The Bertz CT molecular complexity index is 407. The fraction of sp³-hybridized carbons (Fsp3) is 0.273. The number of primary amides is 1. The quantitative estimate of drug-likeness (QED) is 0.671. The number of rotatable bonds is 5. The number of amides is 3. The van der Waals surface area contributed by atoms with Gasteiger partial charge in [0.25, 0.3) is 0 Å². The van der Waals surface area contributed by atoms with Crippen molar-refractivity contribution in [1.29, 1.82) is 0 Å². The molecule has 0 radical (unpaired) electrons. The highest BCUT2D eigenvalue weighted by molar-refractivity contribution is 5.94. The molecule has 0 unspecified atom stereocenters. The summed E-state index contributed by atoms with van der Waals surface area (Å²) in [4.78, 5) is 21.5. The van der Waals surface area contributed by atoms with Gasteiger partial charge >= 0.3 is 6.03 Å². The number of nitrogens with one attached hydrogen (secondary N) is 2. The van der Waals surface area contributed by atoms with Crippen molar-refractivity contribution in [1.82, 2.24) is 10.6 Å². The average Bonchev–Trinajstić information content (AvgIpc) is 2.28. The van der Waals surface area contributed by atoms with Crippen molar-refractivity contribution < 1.29 is 14.3 Å². The molecular formula is C11H15N3O3. The maximum absolute atomic E-state index is 11.1. The number of carbonyl (C=O) groups is 2. The molecule has 6 heteroatoms. The number of carbonyl (C=O) groups excluding carboxylic acids is 2. The molecule has 0 bridgehead atoms. The van der Waals surface area contributed by atoms with Crippen molar-refractivity contribution in [3.05, 3.63) is 29.8 Å². The zero-order chi connectivity index (χ0) is 12.7. The molecule has 0 aromatic heterocycles. The summed E-state index contributed by atoms with van der Waals surface area (Å²) >= 11 is 0. The van der Waals surface area contributed by atoms with E-state index in [0.717, 1.165) is 11.3 Å². The van der Waals surface area contributed by atoms with Gasteiger partial charge in [0.1, 0.15) is 5.75 Å². The van der Waals surface area contributed by atoms with Gasteiger partial charge in [-0.2, -0.15) is 0 Å². The van der Waals surface area contributed by atoms with Crippen LogP contribution in [0.2, 0.25) is 0 Å². The lowest BCUT2D eigenvalue weighted by atomic mass is 10.2. The number of ether oxygens (including phenoxy) is 1. The van der Waals surface area contributed by atoms with Gasteiger partial charge in [-0.15, -0.1) is 0 Å². The van der Waals surface area contributed by atoms with Gasteiger partial charge in [-0.05, 0) is 6.07 Å². The van der Waals surface area contributed by atoms with E-state index in [0.29, 0.717) is 6.54 Å². The first-order valence-corrected chi connectivity index (χ1v) is 5.05. The van der Waals surface area contributed by atoms with Gasteiger partial charge in [-0.25, -0.2) is 4.79 Å². The minimum Gasteiger partial charge on any atom is -0.496 e. The monoisotopic (exact) mass is 237 g/mol. The lowest BCUT2D eigenvalue weighted by Gasteiger charge is -2.08. The molecule has 0 saturated carbocycles. The van der Waals surface area contributed by atoms with Crippen LogP contribution >= 0.6 is 0 Å². The van der Waals surface area contributed by atoms with Gasteiger partial charge in [-0.3, -0.25) is 10.1 Å². The third-order valence-corrected chi connectivity index (χ3v) is 2.06. The van der Waals surface area contributed by atoms with E-state index in [2.05, 4.69) is 5.32 Å². The van der Waals surface area contributed by atoms with E-state index < -0.39 is 11.9 Å². The van der Waals surface area contributed by atoms with Crippen LogP contribution in [0.1, 0.15) is 5.56 Å². The van der Waals surface area contributed by atoms with Crippen LogP contribution < -0.4 is 21.1 Å². The van der Waals surface area contributed by atoms with Gasteiger partial charge in [0.2, 0.25) is 5.91 Å². The summed E-state index contributed by atoms with van der Waals surface area (Å²) in [6.07, 6.45) is 0. The lowest BCUT2D eigenvalue weighted by molar-refractivity contribution is -0.119. The van der Waals surface area contributed by atoms with Gasteiger partial charge < -0.3 is 15.8 Å². The topological polar surface area (TPSA) is 93.4 Å². The van der Waals surface area contributed by atoms with Crippen LogP contribution in [0, 0.1) is 0 Å². The average molecular weight is 237 g/mol. The van der Waals surface area contributed by atoms with Crippen molar-refractivity contribution in [2.24, 2.45) is 5.73 Å². The third-order valence-electron chi connectivity index (χ3n) is 2.06. The highest BCUT2D eigenvalue weighted by Gasteiger charge is 2.05. The number of methoxy groups -OCH3 is 1. The Morgan fingerprint density at radius 1 is 1.35 bits per heavy atom. The van der Waals surface area contributed by atoms with E-state index in [4.69, 9.17) is 10.5 Å². The van der Waals surface area contributed by atoms with E-state index in [-0.39, 0.29) is 6.54 Å². The summed E-state index contributed by atoms with van der Waals surface area (Å²) in [6, 6.07) is 6.61. The second-order valence-corrected chi connectivity index (χ2v) is 3.33. The second-order valence-electron chi connectivity index (χ2n) is 3.33. The Hall–Kier alpha value is -2.08. The molecule has 92 valence electrons. The second kappa shape index (κ2) is 6.49. The van der Waals surface area contributed by atoms with Crippen LogP contribution in [0.25, 0.3) is 0 Å². The lowest BCUT2D eigenvalue weighted by Crippen LogP contribution is -2.40. The number of hydrogen-bond acceptors (Lipinski definition) is 4. The Kier molecular flexibility index (Phi) is 4.96. The number of benzene rings is 1. The summed E-state index contributed by atoms with van der Waals surface area (Å²) in [7, 11) is 1.58. The molecule has 1 aromatic rings. The first-order valence-electron chi connectivity index (χ1n) is 5.05. The molecule has 0 atom stereocenters. The van der Waals surface area contributed by atoms with Crippen LogP contribution in [0.4, 0.5) is 4.79 Å². The number of hydrogen-bond donors (Lipinski definition) is 3. The molecule has 0 fully saturated rings. The molecular weight excluding hydrogens is 222 g/mol. The van der Waals surface area contributed by atoms with Crippen LogP contribution in [0.5, 0.6) is 5.75 Å². The van der Waals surface area contributed by atoms with Gasteiger partial charge in [0, 0.05) is 12.1 Å². The number of urea groups is 1. The van der Waals surface area contributed by atoms with Crippen molar-refractivity contribution in [3.8, 4) is 5.75 Å². The van der Waals surface area contributed by atoms with E-state index in [1.165, 1.54) is 0 Å². The summed E-state index contributed by atoms with van der Waals surface area (Å²) in [5.74, 6) is 0.280. The van der Waals surface area contributed by atoms with Gasteiger partial charge in [-0.1, -0.05) is 18.2 Å². The number of para-hydroxylation sites is 1. The van der Waals surface area contributed by atoms with E-state index >= 15 is 0 Å². The molecule has 3 amide bonds. The summed E-state index contributed by atoms with van der Waals surface area (Å²) < 4.78 is 5.15. The maximum Gasteiger partial charge on any atom is 0.318 e. The highest BCUT2D eigenvalue weighted by Crippen LogP contribution is 2.16. The summed E-state index contributed by atoms with van der Waals surface area (Å²) in [5.41, 5.74) is 5.74. The summed E-state index contributed by atoms with van der Waals surface area (Å²) in [5, 5.41) is 4.85. The highest BCUT2D eigenvalue weighted by atomic mass is 16.5. The predicted octanol–water partition coefficient (Wildman–Crippen LogP) is -0.0203. The molecule has 1 rings (SSSR count). The Labute approximate surface area is 99.1 Å². The number of nitrogens with two attached hydrogens (primary N) is 1. The van der Waals surface area contributed by atoms with E-state index in [1.54, 1.807) is 7.11 Å². The zero-order valence-corrected chi connectivity index (χ0v) is 9.53. The molecule has 0 saturated heterocycles. The summed E-state index contributed by atoms with van der Waals surface area (Å²) in [6.45, 7) is 0.483. The first-order chi connectivity index (χ1) is 8.13. The largest absolute Gasteiger partial charge is 0.496 e. The van der Waals surface area contributed by atoms with Gasteiger partial charge in [0.15, 0.2) is 0 Å². The first kappa shape index (κ1) is 13.0. The van der Waals surface area contributed by atoms with Crippen molar-refractivity contribution >= 4 is 11.9 Å². The minimum absolute atomic E-state index is 0.0149. The molecule has 0 heterocycles. The maximum atomic E-state index is 11.1. The molecule has 1 aromatic carbocycles. The standard InChI is InChI=1S/C11H15N3O3/c1-17-9-5-3-2-4-8(9)6-13-7-10(15)14-11(12)16/h2-5,13H,6-7H2,1H3,(H3,12,14,15,16). The molecule has 0 spiro atoms. The van der Waals surface area contributed by atoms with Crippen LogP contribution in [-0.2, 0) is 11.3 Å². The normalized spacial score (nSPS) is 9.71. The molecule has 0 aliphatic heterocycles. The van der Waals surface area contributed by atoms with E-state index in [1.807, 2.05) is 29.6 Å². The Balaban J connectivity index is 2.40. The van der Waals surface area contributed by atoms with Crippen LogP contribution in [0.3, 0.4) is 0 Å². The van der Waals surface area contributed by atoms with E-state index in [9.17, 15) is 9.59 Å². The van der Waals surface area contributed by atoms with Gasteiger partial charge in [0.05, 0.1) is 13.7 Å². The van der Waals surface area contributed by atoms with Crippen LogP contribution in [-0.4, -0.2) is 25.6 Å². The SMILES string of the molecule is COc1ccccc1CNCC(=O)NC(N)=O. The fourth-order valence-corrected chi connectivity index (χ4v) is 1.34. The van der Waals surface area contributed by atoms with Crippen LogP contribution in [0.15, 0.2) is 24.3 Å². The number of imide groups is 1. The molecule has 4 N–H and O–H groups in total. The fourth-order valence-electron chi connectivity index (χ4n) is 1.34. The Morgan fingerprint density at radius 2 is 2.06 bits per heavy atom. The molecule has 0 aliphatic carbocycles. The smallest absolute Gasteiger partial charge is 0.318 e. The van der Waals surface area contributed by atoms with Crippen molar-refractivity contribution in [2.75, 3.05) is 13.7 Å². The third kappa shape index (κ3) is 4.52. The van der Waals surface area contributed by atoms with Crippen molar-refractivity contribution in [3.63, 3.8) is 0 Å². The van der Waals surface area contributed by atoms with Crippen molar-refractivity contribution in [2.45, 2.75) is 6.54 Å². The minimum atomic E-state index is -0.853. The molecule has 6 nitrogen and oxygen atoms in total.